The Hall–Kier alpha value is -1.57. The van der Waals surface area contributed by atoms with Crippen LogP contribution in [0.15, 0.2) is 23.8 Å². The lowest BCUT2D eigenvalue weighted by Gasteiger charge is -2.19. The van der Waals surface area contributed by atoms with Gasteiger partial charge in [0.25, 0.3) is 0 Å². The summed E-state index contributed by atoms with van der Waals surface area (Å²) in [5.41, 5.74) is 1.45. The maximum absolute atomic E-state index is 11.2. The van der Waals surface area contributed by atoms with Crippen molar-refractivity contribution in [1.29, 1.82) is 0 Å². The van der Waals surface area contributed by atoms with Gasteiger partial charge < -0.3 is 14.9 Å². The summed E-state index contributed by atoms with van der Waals surface area (Å²) in [5, 5.41) is 20.8. The summed E-state index contributed by atoms with van der Waals surface area (Å²) >= 11 is 0. The summed E-state index contributed by atoms with van der Waals surface area (Å²) in [6.45, 7) is 3.81. The van der Waals surface area contributed by atoms with Crippen LogP contribution in [-0.2, 0) is 9.53 Å². The minimum atomic E-state index is -0.521. The van der Waals surface area contributed by atoms with Gasteiger partial charge in [0, 0.05) is 18.8 Å². The van der Waals surface area contributed by atoms with Crippen LogP contribution in [0.2, 0.25) is 0 Å². The number of hydrogen-bond donors (Lipinski definition) is 2. The monoisotopic (exact) mass is 374 g/mol. The molecule has 0 bridgehead atoms. The Morgan fingerprint density at radius 2 is 2.19 bits per heavy atom. The van der Waals surface area contributed by atoms with Crippen molar-refractivity contribution in [3.8, 4) is 11.8 Å². The van der Waals surface area contributed by atoms with Gasteiger partial charge >= 0.3 is 5.97 Å². The van der Waals surface area contributed by atoms with Gasteiger partial charge in [-0.1, -0.05) is 30.7 Å². The van der Waals surface area contributed by atoms with E-state index < -0.39 is 6.10 Å². The van der Waals surface area contributed by atoms with E-state index in [-0.39, 0.29) is 23.9 Å². The number of hydrogen-bond acceptors (Lipinski definition) is 4. The minimum Gasteiger partial charge on any atom is -0.469 e. The summed E-state index contributed by atoms with van der Waals surface area (Å²) in [6, 6.07) is 0. The molecule has 6 atom stereocenters. The van der Waals surface area contributed by atoms with Crippen LogP contribution in [0, 0.1) is 35.5 Å². The zero-order chi connectivity index (χ0) is 19.8. The van der Waals surface area contributed by atoms with Crippen molar-refractivity contribution in [3.05, 3.63) is 23.8 Å². The zero-order valence-corrected chi connectivity index (χ0v) is 16.9. The largest absolute Gasteiger partial charge is 0.469 e. The normalized spacial score (nSPS) is 30.8. The molecule has 2 aliphatic rings. The maximum Gasteiger partial charge on any atom is 0.305 e. The van der Waals surface area contributed by atoms with E-state index in [0.29, 0.717) is 24.7 Å². The number of allylic oxidation sites excluding steroid dienone is 2. The molecule has 0 aromatic rings. The molecule has 27 heavy (non-hydrogen) atoms. The van der Waals surface area contributed by atoms with Crippen LogP contribution >= 0.6 is 0 Å². The third-order valence-corrected chi connectivity index (χ3v) is 6.07. The number of unbranched alkanes of at least 4 members (excludes halogenated alkanes) is 1. The van der Waals surface area contributed by atoms with Crippen molar-refractivity contribution in [2.24, 2.45) is 23.7 Å². The van der Waals surface area contributed by atoms with E-state index in [1.165, 1.54) is 12.7 Å². The summed E-state index contributed by atoms with van der Waals surface area (Å²) in [6.07, 6.45) is 11.1. The molecular formula is C23H34O4. The van der Waals surface area contributed by atoms with E-state index in [0.717, 1.165) is 32.1 Å². The van der Waals surface area contributed by atoms with Gasteiger partial charge in [-0.05, 0) is 56.8 Å². The van der Waals surface area contributed by atoms with Crippen LogP contribution in [0.5, 0.6) is 0 Å². The highest BCUT2D eigenvalue weighted by Crippen LogP contribution is 2.50. The van der Waals surface area contributed by atoms with Gasteiger partial charge in [0.2, 0.25) is 0 Å². The van der Waals surface area contributed by atoms with Crippen LogP contribution in [0.3, 0.4) is 0 Å². The lowest BCUT2D eigenvalue weighted by Crippen LogP contribution is -2.19. The third kappa shape index (κ3) is 6.23. The van der Waals surface area contributed by atoms with Crippen molar-refractivity contribution >= 4 is 5.97 Å². The summed E-state index contributed by atoms with van der Waals surface area (Å²) in [5.74, 6) is 6.93. The Labute approximate surface area is 163 Å². The van der Waals surface area contributed by atoms with Gasteiger partial charge in [0.1, 0.15) is 0 Å². The Balaban J connectivity index is 1.87. The first-order valence-electron chi connectivity index (χ1n) is 10.1. The van der Waals surface area contributed by atoms with Crippen molar-refractivity contribution in [3.63, 3.8) is 0 Å². The highest BCUT2D eigenvalue weighted by Gasteiger charge is 2.44. The fourth-order valence-corrected chi connectivity index (χ4v) is 4.41. The summed E-state index contributed by atoms with van der Waals surface area (Å²) < 4.78 is 4.67. The zero-order valence-electron chi connectivity index (χ0n) is 16.9. The fourth-order valence-electron chi connectivity index (χ4n) is 4.41. The van der Waals surface area contributed by atoms with Gasteiger partial charge in [0.05, 0.1) is 19.3 Å². The number of carbonyl (C=O) groups excluding carboxylic acids is 1. The van der Waals surface area contributed by atoms with Crippen molar-refractivity contribution in [1.82, 2.24) is 0 Å². The van der Waals surface area contributed by atoms with E-state index in [2.05, 4.69) is 22.7 Å². The predicted octanol–water partition coefficient (Wildman–Crippen LogP) is 3.63. The molecule has 2 fully saturated rings. The van der Waals surface area contributed by atoms with Crippen molar-refractivity contribution < 1.29 is 19.7 Å². The lowest BCUT2D eigenvalue weighted by molar-refractivity contribution is -0.140. The molecule has 0 aromatic carbocycles. The van der Waals surface area contributed by atoms with Crippen molar-refractivity contribution in [2.75, 3.05) is 7.11 Å². The smallest absolute Gasteiger partial charge is 0.305 e. The molecular weight excluding hydrogens is 340 g/mol. The number of ether oxygens (including phenoxy) is 1. The molecule has 2 N–H and O–H groups in total. The molecule has 0 amide bonds. The molecule has 0 aromatic heterocycles. The number of carbonyl (C=O) groups is 1. The molecule has 0 heterocycles. The molecule has 0 saturated heterocycles. The highest BCUT2D eigenvalue weighted by atomic mass is 16.5. The first kappa shape index (κ1) is 21.7. The molecule has 2 unspecified atom stereocenters. The Morgan fingerprint density at radius 3 is 2.89 bits per heavy atom. The second kappa shape index (κ2) is 10.7. The van der Waals surface area contributed by atoms with E-state index in [9.17, 15) is 15.0 Å². The van der Waals surface area contributed by atoms with Crippen LogP contribution in [0.4, 0.5) is 0 Å². The number of aliphatic hydroxyl groups excluding tert-OH is 2. The molecule has 150 valence electrons. The minimum absolute atomic E-state index is 0.0943. The molecule has 0 aliphatic heterocycles. The van der Waals surface area contributed by atoms with E-state index >= 15 is 0 Å². The first-order valence-corrected chi connectivity index (χ1v) is 10.1. The predicted molar refractivity (Wildman–Crippen MR) is 107 cm³/mol. The average molecular weight is 375 g/mol. The van der Waals surface area contributed by atoms with E-state index in [1.807, 2.05) is 26.0 Å². The SMILES string of the molecule is CC#CCC(C)[C@@H](O)/C=C/[C@H]1[C@H](O)CC2C/C(=C\CCCC(=O)OC)C[C@@H]21. The highest BCUT2D eigenvalue weighted by molar-refractivity contribution is 5.69. The number of aliphatic hydroxyl groups is 2. The van der Waals surface area contributed by atoms with Gasteiger partial charge in [0.15, 0.2) is 0 Å². The maximum atomic E-state index is 11.2. The van der Waals surface area contributed by atoms with Crippen LogP contribution < -0.4 is 0 Å². The van der Waals surface area contributed by atoms with E-state index in [1.54, 1.807) is 0 Å². The quantitative estimate of drug-likeness (QED) is 0.295. The average Bonchev–Trinajstić information content (AvgIpc) is 3.17. The summed E-state index contributed by atoms with van der Waals surface area (Å²) in [4.78, 5) is 11.2. The molecule has 4 nitrogen and oxygen atoms in total. The second-order valence-electron chi connectivity index (χ2n) is 8.03. The molecule has 2 aliphatic carbocycles. The Bertz CT molecular complexity index is 610. The van der Waals surface area contributed by atoms with Gasteiger partial charge in [-0.15, -0.1) is 11.8 Å². The Kier molecular flexibility index (Phi) is 8.60. The molecule has 2 rings (SSSR count). The number of rotatable bonds is 8. The van der Waals surface area contributed by atoms with Crippen LogP contribution in [-0.4, -0.2) is 35.5 Å². The van der Waals surface area contributed by atoms with Crippen molar-refractivity contribution in [2.45, 2.75) is 71.0 Å². The van der Waals surface area contributed by atoms with Crippen LogP contribution in [0.25, 0.3) is 0 Å². The third-order valence-electron chi connectivity index (χ3n) is 6.07. The topological polar surface area (TPSA) is 66.8 Å². The molecule has 0 spiro atoms. The number of methoxy groups -OCH3 is 1. The second-order valence-corrected chi connectivity index (χ2v) is 8.03. The van der Waals surface area contributed by atoms with E-state index in [4.69, 9.17) is 0 Å². The fraction of sp³-hybridized carbons (Fsp3) is 0.696. The first-order chi connectivity index (χ1) is 13.0. The Morgan fingerprint density at radius 1 is 1.41 bits per heavy atom. The number of fused-ring (bicyclic) bond motifs is 1. The molecule has 4 heteroatoms. The van der Waals surface area contributed by atoms with Gasteiger partial charge in [-0.3, -0.25) is 4.79 Å². The van der Waals surface area contributed by atoms with Crippen LogP contribution in [0.1, 0.15) is 58.8 Å². The lowest BCUT2D eigenvalue weighted by atomic mass is 9.89. The molecule has 2 saturated carbocycles. The number of esters is 1. The summed E-state index contributed by atoms with van der Waals surface area (Å²) in [7, 11) is 1.42. The van der Waals surface area contributed by atoms with Gasteiger partial charge in [-0.2, -0.15) is 0 Å². The van der Waals surface area contributed by atoms with Gasteiger partial charge in [-0.25, -0.2) is 0 Å². The standard InChI is InChI=1S/C23H34O4/c1-4-5-8-16(2)21(24)12-11-19-20-14-17(13-18(20)15-22(19)25)9-6-7-10-23(26)27-3/h9,11-12,16,18-22,24-25H,6-8,10,13-15H2,1-3H3/b12-11+,17-9+/t16?,18?,19-,20+,21+,22-/m1/s1. The molecule has 0 radical (unpaired) electrons.